The van der Waals surface area contributed by atoms with Crippen LogP contribution in [0.25, 0.3) is 0 Å². The van der Waals surface area contributed by atoms with Crippen LogP contribution in [0.3, 0.4) is 0 Å². The predicted octanol–water partition coefficient (Wildman–Crippen LogP) is 1.35. The highest BCUT2D eigenvalue weighted by molar-refractivity contribution is 4.92. The molecule has 2 nitrogen and oxygen atoms in total. The maximum Gasteiger partial charge on any atom is 0.0692 e. The third-order valence-electron chi connectivity index (χ3n) is 1.86. The molecule has 0 aromatic carbocycles. The first kappa shape index (κ1) is 8.75. The first-order valence-corrected chi connectivity index (χ1v) is 4.23. The largest absolute Gasteiger partial charge is 0.389 e. The molecule has 0 radical (unpaired) electrons. The quantitative estimate of drug-likeness (QED) is 0.611. The summed E-state index contributed by atoms with van der Waals surface area (Å²) in [7, 11) is 0. The van der Waals surface area contributed by atoms with Gasteiger partial charge in [0.1, 0.15) is 0 Å². The Kier molecular flexibility index (Phi) is 3.60. The third kappa shape index (κ3) is 3.54. The van der Waals surface area contributed by atoms with Crippen LogP contribution >= 0.6 is 0 Å². The number of rotatable bonds is 2. The van der Waals surface area contributed by atoms with Crippen LogP contribution in [-0.2, 0) is 4.74 Å². The van der Waals surface area contributed by atoms with Gasteiger partial charge in [0.2, 0.25) is 0 Å². The van der Waals surface area contributed by atoms with Crippen LogP contribution in [0.1, 0.15) is 19.8 Å². The zero-order valence-corrected chi connectivity index (χ0v) is 6.99. The molecule has 11 heavy (non-hydrogen) atoms. The topological polar surface area (TPSA) is 29.5 Å². The van der Waals surface area contributed by atoms with Gasteiger partial charge in [0.25, 0.3) is 0 Å². The molecule has 0 aromatic heterocycles. The Hall–Kier alpha value is -0.340. The maximum absolute atomic E-state index is 8.96. The lowest BCUT2D eigenvalue weighted by Gasteiger charge is -2.18. The van der Waals surface area contributed by atoms with Crippen LogP contribution in [0.4, 0.5) is 0 Å². The van der Waals surface area contributed by atoms with Crippen LogP contribution in [0.5, 0.6) is 0 Å². The van der Waals surface area contributed by atoms with E-state index in [0.29, 0.717) is 5.92 Å². The Morgan fingerprint density at radius 3 is 3.00 bits per heavy atom. The van der Waals surface area contributed by atoms with E-state index in [4.69, 9.17) is 9.84 Å². The highest BCUT2D eigenvalue weighted by Crippen LogP contribution is 2.14. The molecule has 1 saturated heterocycles. The number of ether oxygens (including phenoxy) is 1. The molecule has 0 amide bonds. The van der Waals surface area contributed by atoms with Crippen molar-refractivity contribution in [2.45, 2.75) is 25.9 Å². The molecule has 2 unspecified atom stereocenters. The summed E-state index contributed by atoms with van der Waals surface area (Å²) in [6.07, 6.45) is 5.92. The number of hydrogen-bond acceptors (Lipinski definition) is 2. The van der Waals surface area contributed by atoms with Gasteiger partial charge in [0, 0.05) is 12.5 Å². The van der Waals surface area contributed by atoms with Gasteiger partial charge >= 0.3 is 0 Å². The Morgan fingerprint density at radius 1 is 1.64 bits per heavy atom. The molecule has 1 rings (SSSR count). The second-order valence-corrected chi connectivity index (χ2v) is 3.10. The molecular formula is C9H16O2. The van der Waals surface area contributed by atoms with Gasteiger partial charge in [-0.2, -0.15) is 0 Å². The molecule has 0 spiro atoms. The highest BCUT2D eigenvalue weighted by atomic mass is 16.5. The smallest absolute Gasteiger partial charge is 0.0692 e. The first-order chi connectivity index (χ1) is 5.29. The number of aliphatic hydroxyl groups excluding tert-OH is 1. The van der Waals surface area contributed by atoms with Crippen molar-refractivity contribution >= 4 is 0 Å². The number of hydrogen-bond donors (Lipinski definition) is 1. The first-order valence-electron chi connectivity index (χ1n) is 4.23. The minimum Gasteiger partial charge on any atom is -0.389 e. The van der Waals surface area contributed by atoms with Gasteiger partial charge in [-0.15, -0.1) is 0 Å². The molecule has 64 valence electrons. The van der Waals surface area contributed by atoms with Gasteiger partial charge in [-0.1, -0.05) is 12.2 Å². The molecule has 1 N–H and O–H groups in total. The lowest BCUT2D eigenvalue weighted by atomic mass is 10.0. The molecule has 1 aliphatic heterocycles. The summed E-state index contributed by atoms with van der Waals surface area (Å²) in [5.74, 6) is 0.526. The lowest BCUT2D eigenvalue weighted by molar-refractivity contribution is 0.0706. The SMILES string of the molecule is CC(O)/C=C/C1CCCOC1. The average molecular weight is 156 g/mol. The Bertz CT molecular complexity index is 124. The highest BCUT2D eigenvalue weighted by Gasteiger charge is 2.09. The fraction of sp³-hybridized carbons (Fsp3) is 0.778. The summed E-state index contributed by atoms with van der Waals surface area (Å²) < 4.78 is 5.28. The van der Waals surface area contributed by atoms with Gasteiger partial charge in [0.15, 0.2) is 0 Å². The van der Waals surface area contributed by atoms with E-state index in [1.807, 2.05) is 6.08 Å². The number of aliphatic hydroxyl groups is 1. The summed E-state index contributed by atoms with van der Waals surface area (Å²) in [6.45, 7) is 3.49. The van der Waals surface area contributed by atoms with Gasteiger partial charge in [-0.3, -0.25) is 0 Å². The van der Waals surface area contributed by atoms with Crippen LogP contribution in [0, 0.1) is 5.92 Å². The van der Waals surface area contributed by atoms with Crippen molar-refractivity contribution < 1.29 is 9.84 Å². The average Bonchev–Trinajstić information content (AvgIpc) is 2.03. The Labute approximate surface area is 67.9 Å². The zero-order valence-electron chi connectivity index (χ0n) is 6.99. The third-order valence-corrected chi connectivity index (χ3v) is 1.86. The zero-order chi connectivity index (χ0) is 8.10. The standard InChI is InChI=1S/C9H16O2/c1-8(10)4-5-9-3-2-6-11-7-9/h4-5,8-10H,2-3,6-7H2,1H3/b5-4+. The molecule has 1 heterocycles. The summed E-state index contributed by atoms with van der Waals surface area (Å²) in [5.41, 5.74) is 0. The summed E-state index contributed by atoms with van der Waals surface area (Å²) in [6, 6.07) is 0. The van der Waals surface area contributed by atoms with E-state index in [1.165, 1.54) is 6.42 Å². The van der Waals surface area contributed by atoms with Crippen LogP contribution < -0.4 is 0 Å². The fourth-order valence-corrected chi connectivity index (χ4v) is 1.24. The maximum atomic E-state index is 8.96. The Morgan fingerprint density at radius 2 is 2.45 bits per heavy atom. The molecule has 2 atom stereocenters. The normalized spacial score (nSPS) is 29.1. The summed E-state index contributed by atoms with van der Waals surface area (Å²) in [5, 5.41) is 8.96. The second kappa shape index (κ2) is 4.52. The monoisotopic (exact) mass is 156 g/mol. The summed E-state index contributed by atoms with van der Waals surface area (Å²) in [4.78, 5) is 0. The van der Waals surface area contributed by atoms with E-state index in [9.17, 15) is 0 Å². The molecule has 0 bridgehead atoms. The van der Waals surface area contributed by atoms with Crippen LogP contribution in [0.15, 0.2) is 12.2 Å². The molecule has 0 aliphatic carbocycles. The van der Waals surface area contributed by atoms with E-state index in [2.05, 4.69) is 6.08 Å². The minimum atomic E-state index is -0.322. The fourth-order valence-electron chi connectivity index (χ4n) is 1.24. The van der Waals surface area contributed by atoms with Crippen molar-refractivity contribution in [2.75, 3.05) is 13.2 Å². The second-order valence-electron chi connectivity index (χ2n) is 3.10. The van der Waals surface area contributed by atoms with E-state index >= 15 is 0 Å². The lowest BCUT2D eigenvalue weighted by Crippen LogP contribution is -2.15. The minimum absolute atomic E-state index is 0.322. The van der Waals surface area contributed by atoms with Crippen molar-refractivity contribution in [1.82, 2.24) is 0 Å². The van der Waals surface area contributed by atoms with Crippen LogP contribution in [0.2, 0.25) is 0 Å². The van der Waals surface area contributed by atoms with Crippen molar-refractivity contribution in [3.8, 4) is 0 Å². The van der Waals surface area contributed by atoms with Gasteiger partial charge in [-0.05, 0) is 19.8 Å². The summed E-state index contributed by atoms with van der Waals surface area (Å²) >= 11 is 0. The predicted molar refractivity (Wildman–Crippen MR) is 44.4 cm³/mol. The van der Waals surface area contributed by atoms with Gasteiger partial charge in [-0.25, -0.2) is 0 Å². The van der Waals surface area contributed by atoms with E-state index in [-0.39, 0.29) is 6.10 Å². The van der Waals surface area contributed by atoms with Crippen molar-refractivity contribution in [3.05, 3.63) is 12.2 Å². The van der Waals surface area contributed by atoms with Gasteiger partial charge < -0.3 is 9.84 Å². The molecule has 1 fully saturated rings. The van der Waals surface area contributed by atoms with Crippen LogP contribution in [-0.4, -0.2) is 24.4 Å². The van der Waals surface area contributed by atoms with Crippen molar-refractivity contribution in [2.24, 2.45) is 5.92 Å². The Balaban J connectivity index is 2.23. The van der Waals surface area contributed by atoms with Gasteiger partial charge in [0.05, 0.1) is 12.7 Å². The molecule has 0 aromatic rings. The molecule has 1 aliphatic rings. The van der Waals surface area contributed by atoms with E-state index < -0.39 is 0 Å². The van der Waals surface area contributed by atoms with Crippen molar-refractivity contribution in [3.63, 3.8) is 0 Å². The van der Waals surface area contributed by atoms with E-state index in [1.54, 1.807) is 6.92 Å². The van der Waals surface area contributed by atoms with E-state index in [0.717, 1.165) is 19.6 Å². The van der Waals surface area contributed by atoms with Crippen molar-refractivity contribution in [1.29, 1.82) is 0 Å². The molecule has 0 saturated carbocycles. The molecule has 2 heteroatoms. The molecular weight excluding hydrogens is 140 g/mol.